The molecule has 17 heavy (non-hydrogen) atoms. The molecular weight excluding hydrogens is 222 g/mol. The summed E-state index contributed by atoms with van der Waals surface area (Å²) in [5, 5.41) is 6.35. The van der Waals surface area contributed by atoms with Crippen LogP contribution in [0.2, 0.25) is 0 Å². The second kappa shape index (κ2) is 6.67. The molecule has 0 aliphatic heterocycles. The van der Waals surface area contributed by atoms with Gasteiger partial charge in [-0.3, -0.25) is 0 Å². The molecule has 1 atom stereocenters. The van der Waals surface area contributed by atoms with Crippen LogP contribution >= 0.6 is 0 Å². The molecule has 0 aromatic heterocycles. The number of rotatable bonds is 6. The van der Waals surface area contributed by atoms with E-state index in [1.807, 2.05) is 6.92 Å². The molecule has 0 radical (unpaired) electrons. The van der Waals surface area contributed by atoms with Crippen molar-refractivity contribution in [2.75, 3.05) is 6.54 Å². The van der Waals surface area contributed by atoms with E-state index in [1.165, 1.54) is 18.2 Å². The van der Waals surface area contributed by atoms with E-state index in [2.05, 4.69) is 24.5 Å². The third-order valence-corrected chi connectivity index (χ3v) is 2.52. The van der Waals surface area contributed by atoms with Gasteiger partial charge in [0.15, 0.2) is 0 Å². The molecule has 0 aliphatic carbocycles. The zero-order valence-corrected chi connectivity index (χ0v) is 10.6. The van der Waals surface area contributed by atoms with Crippen molar-refractivity contribution in [1.29, 1.82) is 0 Å². The molecule has 0 saturated carbocycles. The third kappa shape index (κ3) is 4.79. The third-order valence-electron chi connectivity index (χ3n) is 2.52. The summed E-state index contributed by atoms with van der Waals surface area (Å²) in [6.07, 6.45) is 0. The fraction of sp³-hybridized carbons (Fsp3) is 0.538. The van der Waals surface area contributed by atoms with Crippen LogP contribution in [0.15, 0.2) is 18.2 Å². The standard InChI is InChI=1S/C13H20F2N2/c1-9(2)16-7-10(3)17-8-11-12(14)5-4-6-13(11)15/h4-6,9-10,16-17H,7-8H2,1-3H3. The maximum Gasteiger partial charge on any atom is 0.130 e. The van der Waals surface area contributed by atoms with Gasteiger partial charge in [0.05, 0.1) is 0 Å². The first-order valence-electron chi connectivity index (χ1n) is 5.90. The van der Waals surface area contributed by atoms with Crippen LogP contribution in [0.3, 0.4) is 0 Å². The Bertz CT molecular complexity index is 333. The topological polar surface area (TPSA) is 24.1 Å². The van der Waals surface area contributed by atoms with Crippen molar-refractivity contribution in [1.82, 2.24) is 10.6 Å². The molecule has 0 bridgehead atoms. The van der Waals surface area contributed by atoms with Crippen LogP contribution in [0.25, 0.3) is 0 Å². The van der Waals surface area contributed by atoms with Crippen LogP contribution in [0.5, 0.6) is 0 Å². The Morgan fingerprint density at radius 2 is 1.65 bits per heavy atom. The summed E-state index contributed by atoms with van der Waals surface area (Å²) < 4.78 is 26.6. The number of benzene rings is 1. The van der Waals surface area contributed by atoms with Crippen LogP contribution in [-0.2, 0) is 6.54 Å². The first-order chi connectivity index (χ1) is 8.00. The van der Waals surface area contributed by atoms with Gasteiger partial charge in [0.25, 0.3) is 0 Å². The molecular formula is C13H20F2N2. The van der Waals surface area contributed by atoms with E-state index >= 15 is 0 Å². The van der Waals surface area contributed by atoms with Gasteiger partial charge in [-0.25, -0.2) is 8.78 Å². The van der Waals surface area contributed by atoms with Gasteiger partial charge in [0.2, 0.25) is 0 Å². The lowest BCUT2D eigenvalue weighted by atomic mass is 10.2. The molecule has 2 N–H and O–H groups in total. The SMILES string of the molecule is CC(C)NCC(C)NCc1c(F)cccc1F. The van der Waals surface area contributed by atoms with Gasteiger partial charge in [-0.2, -0.15) is 0 Å². The van der Waals surface area contributed by atoms with Crippen LogP contribution in [0, 0.1) is 11.6 Å². The molecule has 1 rings (SSSR count). The van der Waals surface area contributed by atoms with Crippen molar-refractivity contribution in [2.24, 2.45) is 0 Å². The van der Waals surface area contributed by atoms with Gasteiger partial charge in [-0.15, -0.1) is 0 Å². The fourth-order valence-corrected chi connectivity index (χ4v) is 1.46. The molecule has 0 amide bonds. The highest BCUT2D eigenvalue weighted by atomic mass is 19.1. The lowest BCUT2D eigenvalue weighted by molar-refractivity contribution is 0.458. The summed E-state index contributed by atoms with van der Waals surface area (Å²) in [6.45, 7) is 7.08. The van der Waals surface area contributed by atoms with E-state index in [0.29, 0.717) is 6.04 Å². The second-order valence-corrected chi connectivity index (χ2v) is 4.55. The molecule has 4 heteroatoms. The van der Waals surface area contributed by atoms with Crippen LogP contribution in [0.1, 0.15) is 26.3 Å². The summed E-state index contributed by atoms with van der Waals surface area (Å²) in [5.74, 6) is -0.997. The van der Waals surface area contributed by atoms with Crippen LogP contribution < -0.4 is 10.6 Å². The Balaban J connectivity index is 2.44. The summed E-state index contributed by atoms with van der Waals surface area (Å²) in [5.41, 5.74) is 0.101. The Morgan fingerprint density at radius 3 is 2.18 bits per heavy atom. The lowest BCUT2D eigenvalue weighted by Crippen LogP contribution is -2.38. The molecule has 2 nitrogen and oxygen atoms in total. The summed E-state index contributed by atoms with van der Waals surface area (Å²) in [7, 11) is 0. The summed E-state index contributed by atoms with van der Waals surface area (Å²) in [6, 6.07) is 4.49. The molecule has 0 aliphatic rings. The van der Waals surface area contributed by atoms with Gasteiger partial charge in [0, 0.05) is 30.7 Å². The summed E-state index contributed by atoms with van der Waals surface area (Å²) in [4.78, 5) is 0. The smallest absolute Gasteiger partial charge is 0.130 e. The molecule has 96 valence electrons. The summed E-state index contributed by atoms with van der Waals surface area (Å²) >= 11 is 0. The Labute approximate surface area is 101 Å². The van der Waals surface area contributed by atoms with Crippen molar-refractivity contribution in [3.05, 3.63) is 35.4 Å². The van der Waals surface area contributed by atoms with Crippen molar-refractivity contribution in [2.45, 2.75) is 39.4 Å². The number of halogens is 2. The first-order valence-corrected chi connectivity index (χ1v) is 5.90. The molecule has 1 unspecified atom stereocenters. The minimum atomic E-state index is -0.499. The van der Waals surface area contributed by atoms with Crippen molar-refractivity contribution in [3.8, 4) is 0 Å². The molecule has 0 heterocycles. The minimum Gasteiger partial charge on any atom is -0.313 e. The van der Waals surface area contributed by atoms with Crippen molar-refractivity contribution in [3.63, 3.8) is 0 Å². The van der Waals surface area contributed by atoms with Gasteiger partial charge >= 0.3 is 0 Å². The van der Waals surface area contributed by atoms with Gasteiger partial charge in [0.1, 0.15) is 11.6 Å². The number of hydrogen-bond acceptors (Lipinski definition) is 2. The number of hydrogen-bond donors (Lipinski definition) is 2. The minimum absolute atomic E-state index is 0.101. The highest BCUT2D eigenvalue weighted by Crippen LogP contribution is 2.11. The van der Waals surface area contributed by atoms with Crippen molar-refractivity contribution < 1.29 is 8.78 Å². The molecule has 1 aromatic rings. The maximum absolute atomic E-state index is 13.3. The Hall–Kier alpha value is -1.00. The highest BCUT2D eigenvalue weighted by Gasteiger charge is 2.09. The highest BCUT2D eigenvalue weighted by molar-refractivity contribution is 5.19. The van der Waals surface area contributed by atoms with E-state index in [9.17, 15) is 8.78 Å². The molecule has 0 fully saturated rings. The quantitative estimate of drug-likeness (QED) is 0.800. The van der Waals surface area contributed by atoms with Crippen molar-refractivity contribution >= 4 is 0 Å². The Kier molecular flexibility index (Phi) is 5.51. The molecule has 1 aromatic carbocycles. The van der Waals surface area contributed by atoms with Gasteiger partial charge in [-0.1, -0.05) is 19.9 Å². The van der Waals surface area contributed by atoms with Crippen LogP contribution in [-0.4, -0.2) is 18.6 Å². The number of nitrogens with one attached hydrogen (secondary N) is 2. The zero-order valence-electron chi connectivity index (χ0n) is 10.6. The van der Waals surface area contributed by atoms with E-state index in [0.717, 1.165) is 6.54 Å². The average Bonchev–Trinajstić information content (AvgIpc) is 2.25. The maximum atomic E-state index is 13.3. The van der Waals surface area contributed by atoms with Gasteiger partial charge in [-0.05, 0) is 19.1 Å². The normalized spacial score (nSPS) is 13.1. The van der Waals surface area contributed by atoms with E-state index in [1.54, 1.807) is 0 Å². The fourth-order valence-electron chi connectivity index (χ4n) is 1.46. The van der Waals surface area contributed by atoms with E-state index in [-0.39, 0.29) is 18.2 Å². The zero-order chi connectivity index (χ0) is 12.8. The second-order valence-electron chi connectivity index (χ2n) is 4.55. The molecule has 0 saturated heterocycles. The van der Waals surface area contributed by atoms with Crippen LogP contribution in [0.4, 0.5) is 8.78 Å². The first kappa shape index (κ1) is 14.1. The molecule has 0 spiro atoms. The monoisotopic (exact) mass is 242 g/mol. The average molecular weight is 242 g/mol. The predicted molar refractivity (Wildman–Crippen MR) is 65.8 cm³/mol. The predicted octanol–water partition coefficient (Wildman–Crippen LogP) is 2.44. The van der Waals surface area contributed by atoms with E-state index < -0.39 is 11.6 Å². The Morgan fingerprint density at radius 1 is 1.06 bits per heavy atom. The van der Waals surface area contributed by atoms with E-state index in [4.69, 9.17) is 0 Å². The largest absolute Gasteiger partial charge is 0.313 e. The lowest BCUT2D eigenvalue weighted by Gasteiger charge is -2.17. The van der Waals surface area contributed by atoms with Gasteiger partial charge < -0.3 is 10.6 Å².